The molecular formula is C22H22N4O3. The molecule has 1 aliphatic heterocycles. The molecule has 2 N–H and O–H groups in total. The lowest BCUT2D eigenvalue weighted by molar-refractivity contribution is 0.0642. The first kappa shape index (κ1) is 19.0. The van der Waals surface area contributed by atoms with E-state index in [2.05, 4.69) is 20.6 Å². The highest BCUT2D eigenvalue weighted by atomic mass is 16.5. The van der Waals surface area contributed by atoms with Crippen molar-refractivity contribution in [2.45, 2.75) is 12.8 Å². The third-order valence-corrected chi connectivity index (χ3v) is 5.09. The number of anilines is 1. The zero-order chi connectivity index (χ0) is 20.1. The number of pyridine rings is 2. The molecule has 3 aromatic rings. The molecule has 2 amide bonds. The number of benzene rings is 1. The summed E-state index contributed by atoms with van der Waals surface area (Å²) in [5.74, 6) is -0.193. The lowest BCUT2D eigenvalue weighted by Gasteiger charge is -2.22. The number of nitrogens with zero attached hydrogens (tertiary/aromatic N) is 2. The summed E-state index contributed by atoms with van der Waals surface area (Å²) >= 11 is 0. The van der Waals surface area contributed by atoms with Crippen molar-refractivity contribution in [1.29, 1.82) is 0 Å². The summed E-state index contributed by atoms with van der Waals surface area (Å²) in [5.41, 5.74) is 1.10. The van der Waals surface area contributed by atoms with Crippen LogP contribution in [-0.4, -0.2) is 41.5 Å². The smallest absolute Gasteiger partial charge is 0.272 e. The molecule has 1 aromatic carbocycles. The predicted molar refractivity (Wildman–Crippen MR) is 110 cm³/mol. The monoisotopic (exact) mass is 390 g/mol. The van der Waals surface area contributed by atoms with Crippen LogP contribution in [0.3, 0.4) is 0 Å². The fourth-order valence-corrected chi connectivity index (χ4v) is 3.47. The Morgan fingerprint density at radius 3 is 2.76 bits per heavy atom. The maximum absolute atomic E-state index is 12.9. The molecule has 0 spiro atoms. The zero-order valence-electron chi connectivity index (χ0n) is 15.9. The van der Waals surface area contributed by atoms with E-state index in [-0.39, 0.29) is 17.5 Å². The summed E-state index contributed by atoms with van der Waals surface area (Å²) in [6.45, 7) is 2.03. The van der Waals surface area contributed by atoms with Crippen molar-refractivity contribution in [1.82, 2.24) is 15.3 Å². The molecular weight excluding hydrogens is 368 g/mol. The topological polar surface area (TPSA) is 93.2 Å². The van der Waals surface area contributed by atoms with Gasteiger partial charge in [-0.2, -0.15) is 0 Å². The van der Waals surface area contributed by atoms with Crippen molar-refractivity contribution in [2.75, 3.05) is 25.1 Å². The van der Waals surface area contributed by atoms with Crippen LogP contribution in [0.5, 0.6) is 0 Å². The minimum absolute atomic E-state index is 0.204. The summed E-state index contributed by atoms with van der Waals surface area (Å²) in [4.78, 5) is 33.9. The van der Waals surface area contributed by atoms with Gasteiger partial charge in [-0.25, -0.2) is 4.98 Å². The van der Waals surface area contributed by atoms with Gasteiger partial charge in [0, 0.05) is 49.3 Å². The van der Waals surface area contributed by atoms with Gasteiger partial charge in [0.25, 0.3) is 11.8 Å². The van der Waals surface area contributed by atoms with Gasteiger partial charge >= 0.3 is 0 Å². The number of fused-ring (bicyclic) bond motifs is 1. The third kappa shape index (κ3) is 4.41. The lowest BCUT2D eigenvalue weighted by Crippen LogP contribution is -2.33. The van der Waals surface area contributed by atoms with Crippen LogP contribution < -0.4 is 10.6 Å². The van der Waals surface area contributed by atoms with Crippen LogP contribution in [0.15, 0.2) is 55.0 Å². The van der Waals surface area contributed by atoms with E-state index >= 15 is 0 Å². The Bertz CT molecular complexity index is 1030. The Hall–Kier alpha value is -3.32. The SMILES string of the molecule is O=C(NCC1CCOCC1)c1ncccc1NC(=O)c1cccc2cnccc12. The second-order valence-electron chi connectivity index (χ2n) is 7.02. The van der Waals surface area contributed by atoms with Gasteiger partial charge in [0.15, 0.2) is 5.69 Å². The number of amides is 2. The van der Waals surface area contributed by atoms with Crippen molar-refractivity contribution in [3.63, 3.8) is 0 Å². The average Bonchev–Trinajstić information content (AvgIpc) is 2.78. The molecule has 7 nitrogen and oxygen atoms in total. The molecule has 0 atom stereocenters. The molecule has 3 heterocycles. The second kappa shape index (κ2) is 8.79. The van der Waals surface area contributed by atoms with Crippen LogP contribution in [-0.2, 0) is 4.74 Å². The van der Waals surface area contributed by atoms with Gasteiger partial charge in [0.2, 0.25) is 0 Å². The van der Waals surface area contributed by atoms with E-state index in [1.165, 1.54) is 0 Å². The highest BCUT2D eigenvalue weighted by molar-refractivity contribution is 6.14. The van der Waals surface area contributed by atoms with Crippen molar-refractivity contribution >= 4 is 28.3 Å². The Kier molecular flexibility index (Phi) is 5.76. The van der Waals surface area contributed by atoms with Crippen molar-refractivity contribution in [3.8, 4) is 0 Å². The first-order valence-corrected chi connectivity index (χ1v) is 9.67. The molecule has 0 aliphatic carbocycles. The Balaban J connectivity index is 1.50. The molecule has 0 saturated carbocycles. The molecule has 4 rings (SSSR count). The van der Waals surface area contributed by atoms with E-state index in [0.717, 1.165) is 36.8 Å². The maximum atomic E-state index is 12.9. The van der Waals surface area contributed by atoms with Crippen LogP contribution in [0.25, 0.3) is 10.8 Å². The van der Waals surface area contributed by atoms with E-state index in [4.69, 9.17) is 4.74 Å². The molecule has 0 radical (unpaired) electrons. The van der Waals surface area contributed by atoms with E-state index in [0.29, 0.717) is 23.7 Å². The van der Waals surface area contributed by atoms with Gasteiger partial charge in [-0.3, -0.25) is 14.6 Å². The molecule has 2 aromatic heterocycles. The molecule has 1 aliphatic rings. The Labute approximate surface area is 168 Å². The fraction of sp³-hybridized carbons (Fsp3) is 0.273. The summed E-state index contributed by atoms with van der Waals surface area (Å²) in [5, 5.41) is 7.45. The first-order chi connectivity index (χ1) is 14.2. The van der Waals surface area contributed by atoms with Gasteiger partial charge in [-0.15, -0.1) is 0 Å². The number of rotatable bonds is 5. The highest BCUT2D eigenvalue weighted by Crippen LogP contribution is 2.20. The molecule has 29 heavy (non-hydrogen) atoms. The molecule has 7 heteroatoms. The average molecular weight is 390 g/mol. The van der Waals surface area contributed by atoms with Gasteiger partial charge in [-0.05, 0) is 48.4 Å². The predicted octanol–water partition coefficient (Wildman–Crippen LogP) is 3.04. The number of ether oxygens (including phenoxy) is 1. The lowest BCUT2D eigenvalue weighted by atomic mass is 10.0. The second-order valence-corrected chi connectivity index (χ2v) is 7.02. The van der Waals surface area contributed by atoms with E-state index < -0.39 is 0 Å². The van der Waals surface area contributed by atoms with E-state index in [1.54, 1.807) is 42.9 Å². The first-order valence-electron chi connectivity index (χ1n) is 9.67. The fourth-order valence-electron chi connectivity index (χ4n) is 3.47. The number of hydrogen-bond acceptors (Lipinski definition) is 5. The van der Waals surface area contributed by atoms with Crippen LogP contribution in [0.4, 0.5) is 5.69 Å². The van der Waals surface area contributed by atoms with Crippen LogP contribution in [0.1, 0.15) is 33.7 Å². The van der Waals surface area contributed by atoms with Crippen molar-refractivity contribution in [3.05, 3.63) is 66.2 Å². The van der Waals surface area contributed by atoms with E-state index in [1.807, 2.05) is 12.1 Å². The normalized spacial score (nSPS) is 14.5. The van der Waals surface area contributed by atoms with Gasteiger partial charge in [0.1, 0.15) is 0 Å². The van der Waals surface area contributed by atoms with Crippen molar-refractivity contribution < 1.29 is 14.3 Å². The molecule has 1 fully saturated rings. The quantitative estimate of drug-likeness (QED) is 0.698. The third-order valence-electron chi connectivity index (χ3n) is 5.09. The number of carbonyl (C=O) groups is 2. The summed E-state index contributed by atoms with van der Waals surface area (Å²) in [7, 11) is 0. The van der Waals surface area contributed by atoms with Crippen LogP contribution >= 0.6 is 0 Å². The molecule has 0 unspecified atom stereocenters. The van der Waals surface area contributed by atoms with Gasteiger partial charge < -0.3 is 15.4 Å². The molecule has 0 bridgehead atoms. The zero-order valence-corrected chi connectivity index (χ0v) is 15.9. The summed E-state index contributed by atoms with van der Waals surface area (Å²) in [6, 6.07) is 10.6. The number of hydrogen-bond donors (Lipinski definition) is 2. The number of nitrogens with one attached hydrogen (secondary N) is 2. The minimum atomic E-state index is -0.298. The molecule has 148 valence electrons. The summed E-state index contributed by atoms with van der Waals surface area (Å²) in [6.07, 6.45) is 6.77. The largest absolute Gasteiger partial charge is 0.381 e. The minimum Gasteiger partial charge on any atom is -0.381 e. The number of aromatic nitrogens is 2. The van der Waals surface area contributed by atoms with Crippen LogP contribution in [0, 0.1) is 5.92 Å². The van der Waals surface area contributed by atoms with Gasteiger partial charge in [0.05, 0.1) is 5.69 Å². The Morgan fingerprint density at radius 1 is 1.03 bits per heavy atom. The standard InChI is InChI=1S/C22H22N4O3/c27-21(18-4-1-3-16-14-23-10-6-17(16)18)26-19-5-2-9-24-20(19)22(28)25-13-15-7-11-29-12-8-15/h1-6,9-10,14-15H,7-8,11-13H2,(H,25,28)(H,26,27). The highest BCUT2D eigenvalue weighted by Gasteiger charge is 2.19. The summed E-state index contributed by atoms with van der Waals surface area (Å²) < 4.78 is 5.35. The van der Waals surface area contributed by atoms with Crippen LogP contribution in [0.2, 0.25) is 0 Å². The van der Waals surface area contributed by atoms with Gasteiger partial charge in [-0.1, -0.05) is 12.1 Å². The Morgan fingerprint density at radius 2 is 1.90 bits per heavy atom. The van der Waals surface area contributed by atoms with Crippen molar-refractivity contribution in [2.24, 2.45) is 5.92 Å². The molecule has 1 saturated heterocycles. The van der Waals surface area contributed by atoms with E-state index in [9.17, 15) is 9.59 Å². The maximum Gasteiger partial charge on any atom is 0.272 e. The number of carbonyl (C=O) groups excluding carboxylic acids is 2.